The molecule has 0 saturated carbocycles. The van der Waals surface area contributed by atoms with E-state index >= 15 is 0 Å². The van der Waals surface area contributed by atoms with Crippen LogP contribution in [0, 0.1) is 10.1 Å². The second-order valence-corrected chi connectivity index (χ2v) is 4.79. The highest BCUT2D eigenvalue weighted by molar-refractivity contribution is 9.10. The maximum absolute atomic E-state index is 11.0. The van der Waals surface area contributed by atoms with Crippen molar-refractivity contribution >= 4 is 21.6 Å². The molecule has 0 aliphatic carbocycles. The van der Waals surface area contributed by atoms with Gasteiger partial charge in [0.05, 0.1) is 11.5 Å². The van der Waals surface area contributed by atoms with E-state index in [4.69, 9.17) is 9.47 Å². The molecule has 0 bridgehead atoms. The summed E-state index contributed by atoms with van der Waals surface area (Å²) in [4.78, 5) is 10.5. The van der Waals surface area contributed by atoms with Crippen molar-refractivity contribution in [3.8, 4) is 17.2 Å². The van der Waals surface area contributed by atoms with Crippen LogP contribution in [0.25, 0.3) is 0 Å². The number of ether oxygens (including phenoxy) is 2. The Bertz CT molecular complexity index is 630. The van der Waals surface area contributed by atoms with Gasteiger partial charge in [-0.1, -0.05) is 22.0 Å². The molecule has 0 spiro atoms. The zero-order valence-corrected chi connectivity index (χ0v) is 12.3. The first kappa shape index (κ1) is 14.3. The second kappa shape index (κ2) is 6.38. The summed E-state index contributed by atoms with van der Waals surface area (Å²) in [7, 11) is 0. The first-order valence-corrected chi connectivity index (χ1v) is 6.74. The highest BCUT2D eigenvalue weighted by atomic mass is 79.9. The summed E-state index contributed by atoms with van der Waals surface area (Å²) in [6, 6.07) is 11.6. The van der Waals surface area contributed by atoms with E-state index in [-0.39, 0.29) is 11.4 Å². The molecule has 0 aromatic heterocycles. The SMILES string of the molecule is CCOc1cccc(Oc2ccc(Br)cc2[N+](=O)[O-])c1. The average Bonchev–Trinajstić information content (AvgIpc) is 2.41. The van der Waals surface area contributed by atoms with Gasteiger partial charge in [-0.3, -0.25) is 10.1 Å². The molecule has 2 aromatic carbocycles. The minimum absolute atomic E-state index is 0.0961. The van der Waals surface area contributed by atoms with Crippen molar-refractivity contribution in [2.24, 2.45) is 0 Å². The minimum atomic E-state index is -0.480. The molecule has 2 aromatic rings. The molecule has 0 heterocycles. The van der Waals surface area contributed by atoms with Crippen LogP contribution in [-0.4, -0.2) is 11.5 Å². The summed E-state index contributed by atoms with van der Waals surface area (Å²) < 4.78 is 11.6. The molecule has 0 fully saturated rings. The first-order chi connectivity index (χ1) is 9.60. The normalized spacial score (nSPS) is 10.1. The summed E-state index contributed by atoms with van der Waals surface area (Å²) in [6.07, 6.45) is 0. The maximum atomic E-state index is 11.0. The van der Waals surface area contributed by atoms with Gasteiger partial charge in [-0.25, -0.2) is 0 Å². The smallest absolute Gasteiger partial charge is 0.312 e. The molecule has 0 amide bonds. The lowest BCUT2D eigenvalue weighted by Crippen LogP contribution is -1.94. The van der Waals surface area contributed by atoms with Crippen molar-refractivity contribution in [3.05, 3.63) is 57.1 Å². The van der Waals surface area contributed by atoms with E-state index in [2.05, 4.69) is 15.9 Å². The van der Waals surface area contributed by atoms with E-state index in [1.165, 1.54) is 6.07 Å². The number of halogens is 1. The first-order valence-electron chi connectivity index (χ1n) is 5.95. The van der Waals surface area contributed by atoms with Crippen LogP contribution in [0.1, 0.15) is 6.92 Å². The van der Waals surface area contributed by atoms with Crippen molar-refractivity contribution in [3.63, 3.8) is 0 Å². The molecule has 6 heteroatoms. The summed E-state index contributed by atoms with van der Waals surface area (Å²) in [5.41, 5.74) is -0.0961. The number of hydrogen-bond acceptors (Lipinski definition) is 4. The van der Waals surface area contributed by atoms with Gasteiger partial charge in [0, 0.05) is 16.6 Å². The monoisotopic (exact) mass is 337 g/mol. The van der Waals surface area contributed by atoms with Gasteiger partial charge >= 0.3 is 5.69 Å². The predicted octanol–water partition coefficient (Wildman–Crippen LogP) is 4.55. The van der Waals surface area contributed by atoms with Crippen LogP contribution in [0.3, 0.4) is 0 Å². The average molecular weight is 338 g/mol. The lowest BCUT2D eigenvalue weighted by molar-refractivity contribution is -0.385. The van der Waals surface area contributed by atoms with Crippen LogP contribution in [-0.2, 0) is 0 Å². The molecule has 0 N–H and O–H groups in total. The Morgan fingerprint density at radius 1 is 1.20 bits per heavy atom. The van der Waals surface area contributed by atoms with E-state index in [1.54, 1.807) is 36.4 Å². The summed E-state index contributed by atoms with van der Waals surface area (Å²) in [5, 5.41) is 11.0. The summed E-state index contributed by atoms with van der Waals surface area (Å²) in [6.45, 7) is 2.43. The van der Waals surface area contributed by atoms with E-state index in [9.17, 15) is 10.1 Å². The van der Waals surface area contributed by atoms with Gasteiger partial charge in [0.2, 0.25) is 5.75 Å². The van der Waals surface area contributed by atoms with E-state index < -0.39 is 4.92 Å². The molecule has 104 valence electrons. The van der Waals surface area contributed by atoms with Crippen LogP contribution in [0.4, 0.5) is 5.69 Å². The van der Waals surface area contributed by atoms with Gasteiger partial charge < -0.3 is 9.47 Å². The molecule has 2 rings (SSSR count). The van der Waals surface area contributed by atoms with Crippen LogP contribution in [0.15, 0.2) is 46.9 Å². The molecule has 0 aliphatic rings. The molecule has 0 saturated heterocycles. The highest BCUT2D eigenvalue weighted by Crippen LogP contribution is 2.34. The fourth-order valence-electron chi connectivity index (χ4n) is 1.64. The third kappa shape index (κ3) is 3.48. The Labute approximate surface area is 124 Å². The second-order valence-electron chi connectivity index (χ2n) is 3.88. The largest absolute Gasteiger partial charge is 0.494 e. The van der Waals surface area contributed by atoms with Gasteiger partial charge in [-0.05, 0) is 31.2 Å². The Hall–Kier alpha value is -2.08. The highest BCUT2D eigenvalue weighted by Gasteiger charge is 2.16. The fraction of sp³-hybridized carbons (Fsp3) is 0.143. The number of nitro benzene ring substituents is 1. The predicted molar refractivity (Wildman–Crippen MR) is 78.5 cm³/mol. The Morgan fingerprint density at radius 3 is 2.65 bits per heavy atom. The van der Waals surface area contributed by atoms with Gasteiger partial charge in [-0.2, -0.15) is 0 Å². The van der Waals surface area contributed by atoms with Crippen molar-refractivity contribution in [2.75, 3.05) is 6.61 Å². The van der Waals surface area contributed by atoms with Gasteiger partial charge in [0.1, 0.15) is 11.5 Å². The molecular formula is C14H12BrNO4. The van der Waals surface area contributed by atoms with Crippen molar-refractivity contribution < 1.29 is 14.4 Å². The summed E-state index contributed by atoms with van der Waals surface area (Å²) in [5.74, 6) is 1.33. The molecule has 0 atom stereocenters. The molecule has 0 unspecified atom stereocenters. The minimum Gasteiger partial charge on any atom is -0.494 e. The van der Waals surface area contributed by atoms with Crippen LogP contribution < -0.4 is 9.47 Å². The number of nitrogens with zero attached hydrogens (tertiary/aromatic N) is 1. The third-order valence-corrected chi connectivity index (χ3v) is 2.96. The lowest BCUT2D eigenvalue weighted by Gasteiger charge is -2.08. The van der Waals surface area contributed by atoms with Crippen molar-refractivity contribution in [1.82, 2.24) is 0 Å². The number of rotatable bonds is 5. The van der Waals surface area contributed by atoms with Crippen LogP contribution >= 0.6 is 15.9 Å². The Kier molecular flexibility index (Phi) is 4.57. The standard InChI is InChI=1S/C14H12BrNO4/c1-2-19-11-4-3-5-12(9-11)20-14-7-6-10(15)8-13(14)16(17)18/h3-9H,2H2,1H3. The molecule has 0 radical (unpaired) electrons. The maximum Gasteiger partial charge on any atom is 0.312 e. The van der Waals surface area contributed by atoms with Crippen LogP contribution in [0.2, 0.25) is 0 Å². The molecule has 0 aliphatic heterocycles. The number of nitro groups is 1. The topological polar surface area (TPSA) is 61.6 Å². The van der Waals surface area contributed by atoms with Gasteiger partial charge in [0.15, 0.2) is 0 Å². The quantitative estimate of drug-likeness (QED) is 0.593. The van der Waals surface area contributed by atoms with E-state index in [0.717, 1.165) is 0 Å². The zero-order valence-electron chi connectivity index (χ0n) is 10.7. The van der Waals surface area contributed by atoms with E-state index in [1.807, 2.05) is 6.92 Å². The van der Waals surface area contributed by atoms with Crippen molar-refractivity contribution in [1.29, 1.82) is 0 Å². The van der Waals surface area contributed by atoms with Crippen molar-refractivity contribution in [2.45, 2.75) is 6.92 Å². The Balaban J connectivity index is 2.30. The number of hydrogen-bond donors (Lipinski definition) is 0. The molecule has 20 heavy (non-hydrogen) atoms. The lowest BCUT2D eigenvalue weighted by atomic mass is 10.3. The van der Waals surface area contributed by atoms with Gasteiger partial charge in [0.25, 0.3) is 0 Å². The van der Waals surface area contributed by atoms with E-state index in [0.29, 0.717) is 22.6 Å². The fourth-order valence-corrected chi connectivity index (χ4v) is 1.99. The number of benzene rings is 2. The van der Waals surface area contributed by atoms with Crippen LogP contribution in [0.5, 0.6) is 17.2 Å². The molecular weight excluding hydrogens is 326 g/mol. The zero-order chi connectivity index (χ0) is 14.5. The third-order valence-electron chi connectivity index (χ3n) is 2.46. The molecule has 5 nitrogen and oxygen atoms in total. The van der Waals surface area contributed by atoms with Gasteiger partial charge in [-0.15, -0.1) is 0 Å². The summed E-state index contributed by atoms with van der Waals surface area (Å²) >= 11 is 3.20. The Morgan fingerprint density at radius 2 is 1.95 bits per heavy atom.